The van der Waals surface area contributed by atoms with E-state index >= 15 is 0 Å². The van der Waals surface area contributed by atoms with Crippen molar-refractivity contribution in [2.24, 2.45) is 0 Å². The van der Waals surface area contributed by atoms with Crippen LogP contribution in [0.4, 0.5) is 0 Å². The molecule has 0 saturated heterocycles. The van der Waals surface area contributed by atoms with Gasteiger partial charge in [0.25, 0.3) is 0 Å². The maximum absolute atomic E-state index is 5.81. The lowest BCUT2D eigenvalue weighted by atomic mass is 8.79. The molecule has 0 atom stereocenters. The van der Waals surface area contributed by atoms with Gasteiger partial charge in [-0.2, -0.15) is 0 Å². The van der Waals surface area contributed by atoms with Crippen molar-refractivity contribution in [2.45, 2.75) is 31.5 Å². The molecule has 66 valence electrons. The van der Waals surface area contributed by atoms with Gasteiger partial charge in [0.2, 0.25) is 0 Å². The second-order valence-electron chi connectivity index (χ2n) is 4.74. The van der Waals surface area contributed by atoms with Gasteiger partial charge in [-0.05, 0) is 0 Å². The van der Waals surface area contributed by atoms with E-state index in [0.29, 0.717) is 12.4 Å². The largest absolute Gasteiger partial charge is 0.117 e. The number of hydrogen-bond donors (Lipinski definition) is 0. The van der Waals surface area contributed by atoms with Crippen molar-refractivity contribution < 1.29 is 0 Å². The highest BCUT2D eigenvalue weighted by atomic mass is 13.7. The fourth-order valence-corrected chi connectivity index (χ4v) is 1.73. The molecule has 0 nitrogen and oxygen atoms in total. The predicted octanol–water partition coefficient (Wildman–Crippen LogP) is -2.34. The van der Waals surface area contributed by atoms with Gasteiger partial charge in [0.1, 0.15) is 0 Å². The molecule has 0 heterocycles. The molecule has 0 fully saturated rings. The molecule has 0 aliphatic carbocycles. The second-order valence-corrected chi connectivity index (χ2v) is 4.74. The third-order valence-corrected chi connectivity index (χ3v) is 3.07. The Morgan fingerprint density at radius 3 is 1.76 bits per heavy atom. The summed E-state index contributed by atoms with van der Waals surface area (Å²) in [6.07, 6.45) is 2.84. The van der Waals surface area contributed by atoms with Gasteiger partial charge < -0.3 is 0 Å². The van der Waals surface area contributed by atoms with E-state index in [1.165, 1.54) is 0 Å². The quantitative estimate of drug-likeness (QED) is 0.366. The molecule has 0 aromatic heterocycles. The van der Waals surface area contributed by atoms with Gasteiger partial charge in [0, 0.05) is 65.7 Å². The summed E-state index contributed by atoms with van der Waals surface area (Å²) in [7, 11) is 39.5. The summed E-state index contributed by atoms with van der Waals surface area (Å²) in [4.78, 5) is 0. The van der Waals surface area contributed by atoms with E-state index in [-0.39, 0.29) is 19.7 Å². The van der Waals surface area contributed by atoms with Crippen LogP contribution in [0.2, 0.25) is 25.1 Å². The van der Waals surface area contributed by atoms with E-state index in [1.54, 1.807) is 0 Å². The van der Waals surface area contributed by atoms with Gasteiger partial charge in [-0.3, -0.25) is 0 Å². The summed E-state index contributed by atoms with van der Waals surface area (Å²) in [5.74, 6) is 0. The van der Waals surface area contributed by atoms with Crippen molar-refractivity contribution in [3.05, 3.63) is 0 Å². The molecule has 0 unspecified atom stereocenters. The van der Waals surface area contributed by atoms with Gasteiger partial charge in [-0.15, -0.1) is 12.4 Å². The minimum absolute atomic E-state index is 0.0371. The maximum Gasteiger partial charge on any atom is 0.0816 e. The summed E-state index contributed by atoms with van der Waals surface area (Å²) in [6.45, 7) is -0.127. The Morgan fingerprint density at radius 2 is 1.35 bits per heavy atom. The molecule has 0 aromatic rings. The average Bonchev–Trinajstić information content (AvgIpc) is 2.26. The van der Waals surface area contributed by atoms with Crippen LogP contribution in [0.25, 0.3) is 0 Å². The Balaban J connectivity index is 3.99. The van der Waals surface area contributed by atoms with E-state index in [2.05, 4.69) is 0 Å². The van der Waals surface area contributed by atoms with Crippen molar-refractivity contribution >= 4 is 86.7 Å². The first-order chi connectivity index (χ1) is 7.88. The monoisotopic (exact) mass is 202 g/mol. The molecule has 0 aliphatic rings. The van der Waals surface area contributed by atoms with Crippen molar-refractivity contribution in [1.82, 2.24) is 0 Å². The van der Waals surface area contributed by atoms with Gasteiger partial charge in [0.15, 0.2) is 0 Å². The number of hydrogen-bond acceptors (Lipinski definition) is 0. The molecule has 14 radical (unpaired) electrons. The summed E-state index contributed by atoms with van der Waals surface area (Å²) in [6, 6.07) is 0. The van der Waals surface area contributed by atoms with E-state index in [1.807, 2.05) is 0 Å². The Hall–Kier alpha value is 0.779. The van der Waals surface area contributed by atoms with Crippen molar-refractivity contribution in [3.8, 4) is 0 Å². The SMILES string of the molecule is [B]CB([B])CCCB(CB([B])B([B])[B])B([B])[B]. The predicted molar refractivity (Wildman–Crippen MR) is 92.9 cm³/mol. The first-order valence-electron chi connectivity index (χ1n) is 6.12. The van der Waals surface area contributed by atoms with Crippen LogP contribution < -0.4 is 0 Å². The molecular formula is C5H10B12. The van der Waals surface area contributed by atoms with Gasteiger partial charge in [-0.1, -0.05) is 19.1 Å². The normalized spacial score (nSPS) is 9.65. The molecule has 0 aromatic carbocycles. The molecule has 0 rings (SSSR count). The van der Waals surface area contributed by atoms with Gasteiger partial charge in [-0.25, -0.2) is 0 Å². The van der Waals surface area contributed by atoms with E-state index in [9.17, 15) is 0 Å². The molecular weight excluding hydrogens is 190 g/mol. The number of rotatable bonds is 9. The van der Waals surface area contributed by atoms with Crippen LogP contribution in [0.5, 0.6) is 0 Å². The topological polar surface area (TPSA) is 0 Å². The van der Waals surface area contributed by atoms with Crippen LogP contribution in [0, 0.1) is 0 Å². The minimum atomic E-state index is -0.539. The van der Waals surface area contributed by atoms with Crippen LogP contribution in [-0.4, -0.2) is 86.7 Å². The van der Waals surface area contributed by atoms with E-state index in [4.69, 9.17) is 54.3 Å². The first kappa shape index (κ1) is 17.8. The second kappa shape index (κ2) is 9.68. The zero-order valence-corrected chi connectivity index (χ0v) is 10.5. The average molecular weight is 200 g/mol. The molecule has 0 N–H and O–H groups in total. The van der Waals surface area contributed by atoms with E-state index < -0.39 is 12.8 Å². The molecule has 17 heavy (non-hydrogen) atoms. The highest BCUT2D eigenvalue weighted by Gasteiger charge is 2.23. The molecule has 0 amide bonds. The third-order valence-electron chi connectivity index (χ3n) is 3.07. The van der Waals surface area contributed by atoms with Crippen LogP contribution in [0.15, 0.2) is 0 Å². The summed E-state index contributed by atoms with van der Waals surface area (Å²) >= 11 is 0. The Kier molecular flexibility index (Phi) is 10.1. The zero-order valence-electron chi connectivity index (χ0n) is 10.5. The van der Waals surface area contributed by atoms with E-state index in [0.717, 1.165) is 19.1 Å². The third kappa shape index (κ3) is 8.49. The van der Waals surface area contributed by atoms with Crippen LogP contribution >= 0.6 is 0 Å². The molecule has 0 aliphatic heterocycles. The first-order valence-corrected chi connectivity index (χ1v) is 6.12. The van der Waals surface area contributed by atoms with Gasteiger partial charge in [0.05, 0.1) is 21.1 Å². The Morgan fingerprint density at radius 1 is 0.765 bits per heavy atom. The molecule has 0 saturated carbocycles. The lowest BCUT2D eigenvalue weighted by molar-refractivity contribution is 1.05. The van der Waals surface area contributed by atoms with Crippen LogP contribution in [-0.2, 0) is 0 Å². The summed E-state index contributed by atoms with van der Waals surface area (Å²) in [5.41, 5.74) is 0. The van der Waals surface area contributed by atoms with Crippen LogP contribution in [0.3, 0.4) is 0 Å². The summed E-state index contributed by atoms with van der Waals surface area (Å²) in [5, 5.41) is 0. The smallest absolute Gasteiger partial charge is 0.0816 e. The molecule has 0 spiro atoms. The van der Waals surface area contributed by atoms with Crippen LogP contribution in [0.1, 0.15) is 6.42 Å². The molecule has 12 heteroatoms. The highest BCUT2D eigenvalue weighted by Crippen LogP contribution is 2.10. The highest BCUT2D eigenvalue weighted by molar-refractivity contribution is 7.69. The van der Waals surface area contributed by atoms with Gasteiger partial charge >= 0.3 is 0 Å². The standard InChI is InChI=1S/C5H10B12/c6-4-13(7)2-1-3-14(16(9)10)5-15(8)17(11)12/h1-5H2. The fourth-order valence-electron chi connectivity index (χ4n) is 1.73. The fraction of sp³-hybridized carbons (Fsp3) is 1.00. The molecule has 0 bridgehead atoms. The summed E-state index contributed by atoms with van der Waals surface area (Å²) < 4.78 is 0. The zero-order chi connectivity index (χ0) is 13.4. The van der Waals surface area contributed by atoms with Crippen molar-refractivity contribution in [3.63, 3.8) is 0 Å². The Labute approximate surface area is 118 Å². The van der Waals surface area contributed by atoms with Crippen molar-refractivity contribution in [2.75, 3.05) is 0 Å². The Bertz CT molecular complexity index is 184. The lowest BCUT2D eigenvalue weighted by Crippen LogP contribution is -2.47. The lowest BCUT2D eigenvalue weighted by Gasteiger charge is -2.22. The van der Waals surface area contributed by atoms with Crippen molar-refractivity contribution in [1.29, 1.82) is 0 Å². The maximum atomic E-state index is 5.81. The minimum Gasteiger partial charge on any atom is -0.117 e.